The summed E-state index contributed by atoms with van der Waals surface area (Å²) in [6.45, 7) is 12.2. The first-order chi connectivity index (χ1) is 7.45. The van der Waals surface area contributed by atoms with Crippen LogP contribution in [0.5, 0.6) is 0 Å². The molecule has 0 fully saturated rings. The van der Waals surface area contributed by atoms with Gasteiger partial charge in [-0.1, -0.05) is 26.8 Å². The Morgan fingerprint density at radius 3 is 2.75 bits per heavy atom. The Morgan fingerprint density at radius 1 is 1.50 bits per heavy atom. The van der Waals surface area contributed by atoms with Crippen LogP contribution in [0.25, 0.3) is 0 Å². The monoisotopic (exact) mass is 221 g/mol. The van der Waals surface area contributed by atoms with Crippen LogP contribution in [0.2, 0.25) is 0 Å². The number of hydrogen-bond acceptors (Lipinski definition) is 2. The van der Waals surface area contributed by atoms with Gasteiger partial charge in [-0.15, -0.1) is 6.58 Å². The summed E-state index contributed by atoms with van der Waals surface area (Å²) in [7, 11) is 1.97. The molecule has 0 atom stereocenters. The molecule has 0 bridgehead atoms. The van der Waals surface area contributed by atoms with Gasteiger partial charge in [0.25, 0.3) is 0 Å². The largest absolute Gasteiger partial charge is 0.312 e. The van der Waals surface area contributed by atoms with Gasteiger partial charge in [-0.2, -0.15) is 5.10 Å². The fourth-order valence-corrected chi connectivity index (χ4v) is 1.73. The van der Waals surface area contributed by atoms with Crippen molar-refractivity contribution in [3.05, 3.63) is 30.1 Å². The zero-order valence-electron chi connectivity index (χ0n) is 10.9. The average Bonchev–Trinajstić information content (AvgIpc) is 2.54. The van der Waals surface area contributed by atoms with E-state index in [4.69, 9.17) is 0 Å². The Labute approximate surface area is 98.5 Å². The summed E-state index contributed by atoms with van der Waals surface area (Å²) in [6, 6.07) is 0. The van der Waals surface area contributed by atoms with E-state index in [0.717, 1.165) is 19.5 Å². The lowest BCUT2D eigenvalue weighted by atomic mass is 9.89. The summed E-state index contributed by atoms with van der Waals surface area (Å²) in [5.41, 5.74) is 2.58. The minimum absolute atomic E-state index is 0.108. The summed E-state index contributed by atoms with van der Waals surface area (Å²) in [4.78, 5) is 0. The van der Waals surface area contributed by atoms with Crippen molar-refractivity contribution in [2.45, 2.75) is 39.2 Å². The lowest BCUT2D eigenvalue weighted by molar-refractivity contribution is 0.544. The van der Waals surface area contributed by atoms with Gasteiger partial charge < -0.3 is 5.32 Å². The van der Waals surface area contributed by atoms with Gasteiger partial charge >= 0.3 is 0 Å². The third kappa shape index (κ3) is 3.49. The van der Waals surface area contributed by atoms with E-state index < -0.39 is 0 Å². The number of aryl methyl sites for hydroxylation is 1. The Bertz CT molecular complexity index is 345. The molecular weight excluding hydrogens is 198 g/mol. The van der Waals surface area contributed by atoms with Crippen molar-refractivity contribution in [3.63, 3.8) is 0 Å². The fourth-order valence-electron chi connectivity index (χ4n) is 1.73. The molecule has 0 amide bonds. The minimum Gasteiger partial charge on any atom is -0.312 e. The second-order valence-electron chi connectivity index (χ2n) is 5.18. The van der Waals surface area contributed by atoms with Crippen molar-refractivity contribution >= 4 is 0 Å². The molecule has 3 nitrogen and oxygen atoms in total. The molecule has 0 saturated carbocycles. The van der Waals surface area contributed by atoms with Crippen LogP contribution in [0.4, 0.5) is 0 Å². The molecule has 1 aromatic heterocycles. The molecule has 1 aromatic rings. The van der Waals surface area contributed by atoms with Crippen LogP contribution in [0.15, 0.2) is 18.9 Å². The van der Waals surface area contributed by atoms with Gasteiger partial charge in [0, 0.05) is 30.8 Å². The third-order valence-corrected chi connectivity index (χ3v) is 2.46. The molecule has 1 rings (SSSR count). The number of nitrogens with one attached hydrogen (secondary N) is 1. The van der Waals surface area contributed by atoms with Crippen molar-refractivity contribution in [2.75, 3.05) is 6.54 Å². The quantitative estimate of drug-likeness (QED) is 0.611. The average molecular weight is 221 g/mol. The van der Waals surface area contributed by atoms with Gasteiger partial charge in [0.05, 0.1) is 5.69 Å². The molecule has 0 aliphatic heterocycles. The fraction of sp³-hybridized carbons (Fsp3) is 0.615. The normalized spacial score (nSPS) is 11.8. The molecule has 0 saturated heterocycles. The van der Waals surface area contributed by atoms with Crippen LogP contribution in [0.1, 0.15) is 38.4 Å². The summed E-state index contributed by atoms with van der Waals surface area (Å²) in [6.07, 6.45) is 5.04. The maximum atomic E-state index is 4.54. The first kappa shape index (κ1) is 13.0. The second kappa shape index (κ2) is 5.30. The zero-order chi connectivity index (χ0) is 12.2. The number of nitrogens with zero attached hydrogens (tertiary/aromatic N) is 2. The van der Waals surface area contributed by atoms with Crippen LogP contribution in [0, 0.1) is 0 Å². The van der Waals surface area contributed by atoms with E-state index in [1.165, 1.54) is 11.3 Å². The topological polar surface area (TPSA) is 29.9 Å². The lowest BCUT2D eigenvalue weighted by Gasteiger charge is -2.17. The van der Waals surface area contributed by atoms with Crippen LogP contribution in [0.3, 0.4) is 0 Å². The van der Waals surface area contributed by atoms with Crippen LogP contribution in [-0.2, 0) is 19.0 Å². The SMILES string of the molecule is C=CCCNCc1cn(C)nc1C(C)(C)C. The van der Waals surface area contributed by atoms with Crippen LogP contribution < -0.4 is 5.32 Å². The van der Waals surface area contributed by atoms with E-state index in [2.05, 4.69) is 44.0 Å². The van der Waals surface area contributed by atoms with E-state index in [-0.39, 0.29) is 5.41 Å². The molecule has 90 valence electrons. The molecule has 0 unspecified atom stereocenters. The lowest BCUT2D eigenvalue weighted by Crippen LogP contribution is -2.19. The Kier molecular flexibility index (Phi) is 4.30. The van der Waals surface area contributed by atoms with E-state index >= 15 is 0 Å². The van der Waals surface area contributed by atoms with E-state index in [0.29, 0.717) is 0 Å². The van der Waals surface area contributed by atoms with Gasteiger partial charge in [0.1, 0.15) is 0 Å². The number of aromatic nitrogens is 2. The molecule has 1 heterocycles. The first-order valence-electron chi connectivity index (χ1n) is 5.79. The smallest absolute Gasteiger partial charge is 0.0722 e. The molecule has 16 heavy (non-hydrogen) atoms. The van der Waals surface area contributed by atoms with E-state index in [1.807, 2.05) is 17.8 Å². The van der Waals surface area contributed by atoms with E-state index in [1.54, 1.807) is 0 Å². The molecule has 3 heteroatoms. The summed E-state index contributed by atoms with van der Waals surface area (Å²) in [5, 5.41) is 7.94. The Hall–Kier alpha value is -1.09. The molecular formula is C13H23N3. The minimum atomic E-state index is 0.108. The highest BCUT2D eigenvalue weighted by Crippen LogP contribution is 2.23. The van der Waals surface area contributed by atoms with Gasteiger partial charge in [-0.05, 0) is 13.0 Å². The maximum absolute atomic E-state index is 4.54. The van der Waals surface area contributed by atoms with Crippen molar-refractivity contribution in [3.8, 4) is 0 Å². The van der Waals surface area contributed by atoms with Crippen molar-refractivity contribution in [1.29, 1.82) is 0 Å². The Morgan fingerprint density at radius 2 is 2.19 bits per heavy atom. The zero-order valence-corrected chi connectivity index (χ0v) is 10.9. The van der Waals surface area contributed by atoms with Crippen molar-refractivity contribution in [2.24, 2.45) is 7.05 Å². The predicted molar refractivity (Wildman–Crippen MR) is 68.4 cm³/mol. The first-order valence-corrected chi connectivity index (χ1v) is 5.79. The molecule has 1 N–H and O–H groups in total. The highest BCUT2D eigenvalue weighted by atomic mass is 15.3. The highest BCUT2D eigenvalue weighted by Gasteiger charge is 2.21. The summed E-state index contributed by atoms with van der Waals surface area (Å²) < 4.78 is 1.89. The maximum Gasteiger partial charge on any atom is 0.0722 e. The summed E-state index contributed by atoms with van der Waals surface area (Å²) >= 11 is 0. The van der Waals surface area contributed by atoms with Gasteiger partial charge in [0.2, 0.25) is 0 Å². The molecule has 0 aromatic carbocycles. The van der Waals surface area contributed by atoms with Crippen molar-refractivity contribution in [1.82, 2.24) is 15.1 Å². The second-order valence-corrected chi connectivity index (χ2v) is 5.18. The number of hydrogen-bond donors (Lipinski definition) is 1. The molecule has 0 aliphatic carbocycles. The van der Waals surface area contributed by atoms with Crippen LogP contribution >= 0.6 is 0 Å². The Balaban J connectivity index is 2.68. The van der Waals surface area contributed by atoms with Gasteiger partial charge in [0.15, 0.2) is 0 Å². The van der Waals surface area contributed by atoms with Gasteiger partial charge in [-0.25, -0.2) is 0 Å². The molecule has 0 spiro atoms. The van der Waals surface area contributed by atoms with Gasteiger partial charge in [-0.3, -0.25) is 4.68 Å². The molecule has 0 aliphatic rings. The number of rotatable bonds is 5. The van der Waals surface area contributed by atoms with E-state index in [9.17, 15) is 0 Å². The third-order valence-electron chi connectivity index (χ3n) is 2.46. The summed E-state index contributed by atoms with van der Waals surface area (Å²) in [5.74, 6) is 0. The molecule has 0 radical (unpaired) electrons. The van der Waals surface area contributed by atoms with Crippen LogP contribution in [-0.4, -0.2) is 16.3 Å². The van der Waals surface area contributed by atoms with Crippen molar-refractivity contribution < 1.29 is 0 Å². The highest BCUT2D eigenvalue weighted by molar-refractivity contribution is 5.23. The predicted octanol–water partition coefficient (Wildman–Crippen LogP) is 2.38. The standard InChI is InChI=1S/C13H23N3/c1-6-7-8-14-9-11-10-16(5)15-12(11)13(2,3)4/h6,10,14H,1,7-9H2,2-5H3.